The van der Waals surface area contributed by atoms with Gasteiger partial charge < -0.3 is 5.11 Å². The van der Waals surface area contributed by atoms with Crippen LogP contribution in [0.1, 0.15) is 32.6 Å². The molecule has 18 heavy (non-hydrogen) atoms. The van der Waals surface area contributed by atoms with E-state index in [2.05, 4.69) is 0 Å². The second-order valence-corrected chi connectivity index (χ2v) is 3.85. The lowest BCUT2D eigenvalue weighted by Crippen LogP contribution is -2.62. The Morgan fingerprint density at radius 2 is 1.22 bits per heavy atom. The summed E-state index contributed by atoms with van der Waals surface area (Å²) in [6.45, 7) is 1.55. The standard InChI is InChI=1S/C9H12F8O/c1-2-3-4-5-6(10,11)7(12,13)8(14,15)9(16,17)18/h18H,2-5H2,1H3. The van der Waals surface area contributed by atoms with E-state index in [0.717, 1.165) is 0 Å². The van der Waals surface area contributed by atoms with E-state index in [1.807, 2.05) is 0 Å². The molecule has 0 aromatic rings. The smallest absolute Gasteiger partial charge is 0.331 e. The number of halogens is 8. The van der Waals surface area contributed by atoms with Crippen LogP contribution in [0.5, 0.6) is 0 Å². The molecule has 0 atom stereocenters. The zero-order valence-corrected chi connectivity index (χ0v) is 9.30. The Hall–Kier alpha value is -0.600. The van der Waals surface area contributed by atoms with Gasteiger partial charge in [0, 0.05) is 6.42 Å². The van der Waals surface area contributed by atoms with Crippen LogP contribution in [0.15, 0.2) is 0 Å². The molecule has 9 heteroatoms. The fourth-order valence-corrected chi connectivity index (χ4v) is 1.17. The third-order valence-electron chi connectivity index (χ3n) is 2.33. The van der Waals surface area contributed by atoms with Gasteiger partial charge in [0.25, 0.3) is 0 Å². The lowest BCUT2D eigenvalue weighted by molar-refractivity contribution is -0.417. The largest absolute Gasteiger partial charge is 0.423 e. The molecule has 0 heterocycles. The molecular weight excluding hydrogens is 276 g/mol. The maximum Gasteiger partial charge on any atom is 0.423 e. The van der Waals surface area contributed by atoms with Crippen LogP contribution in [0, 0.1) is 0 Å². The van der Waals surface area contributed by atoms with E-state index in [4.69, 9.17) is 5.11 Å². The molecule has 1 nitrogen and oxygen atoms in total. The van der Waals surface area contributed by atoms with Crippen LogP contribution in [0.2, 0.25) is 0 Å². The van der Waals surface area contributed by atoms with Crippen LogP contribution in [0.4, 0.5) is 35.1 Å². The SMILES string of the molecule is CCCCCC(F)(F)C(F)(F)C(F)(F)C(O)(F)F. The van der Waals surface area contributed by atoms with Crippen LogP contribution in [0.25, 0.3) is 0 Å². The van der Waals surface area contributed by atoms with Crippen molar-refractivity contribution >= 4 is 0 Å². The summed E-state index contributed by atoms with van der Waals surface area (Å²) >= 11 is 0. The van der Waals surface area contributed by atoms with E-state index < -0.39 is 36.7 Å². The van der Waals surface area contributed by atoms with Crippen molar-refractivity contribution in [3.63, 3.8) is 0 Å². The predicted octanol–water partition coefficient (Wildman–Crippen LogP) is 4.06. The summed E-state index contributed by atoms with van der Waals surface area (Å²) in [6.07, 6.45) is -8.00. The molecule has 0 aromatic carbocycles. The first-order valence-electron chi connectivity index (χ1n) is 5.05. The van der Waals surface area contributed by atoms with Gasteiger partial charge in [-0.1, -0.05) is 19.8 Å². The van der Waals surface area contributed by atoms with Crippen molar-refractivity contribution in [3.05, 3.63) is 0 Å². The molecule has 0 unspecified atom stereocenters. The van der Waals surface area contributed by atoms with Crippen molar-refractivity contribution in [1.29, 1.82) is 0 Å². The first-order valence-corrected chi connectivity index (χ1v) is 5.05. The van der Waals surface area contributed by atoms with Crippen molar-refractivity contribution in [2.45, 2.75) is 56.5 Å². The highest BCUT2D eigenvalue weighted by atomic mass is 19.4. The third-order valence-corrected chi connectivity index (χ3v) is 2.33. The molecule has 1 N–H and O–H groups in total. The lowest BCUT2D eigenvalue weighted by Gasteiger charge is -2.34. The Kier molecular flexibility index (Phi) is 5.01. The quantitative estimate of drug-likeness (QED) is 0.553. The molecule has 0 aliphatic carbocycles. The van der Waals surface area contributed by atoms with E-state index in [9.17, 15) is 35.1 Å². The Morgan fingerprint density at radius 1 is 0.778 bits per heavy atom. The minimum atomic E-state index is -6.55. The molecule has 0 rings (SSSR count). The minimum Gasteiger partial charge on any atom is -0.331 e. The molecule has 0 aliphatic rings. The Balaban J connectivity index is 5.11. The zero-order valence-electron chi connectivity index (χ0n) is 9.30. The molecular formula is C9H12F8O. The van der Waals surface area contributed by atoms with Gasteiger partial charge in [-0.2, -0.15) is 35.1 Å². The summed E-state index contributed by atoms with van der Waals surface area (Å²) < 4.78 is 100. The van der Waals surface area contributed by atoms with Gasteiger partial charge in [-0.15, -0.1) is 0 Å². The van der Waals surface area contributed by atoms with Gasteiger partial charge in [-0.05, 0) is 6.42 Å². The lowest BCUT2D eigenvalue weighted by atomic mass is 9.98. The van der Waals surface area contributed by atoms with E-state index in [-0.39, 0.29) is 6.42 Å². The van der Waals surface area contributed by atoms with Gasteiger partial charge in [0.05, 0.1) is 0 Å². The number of unbranched alkanes of at least 4 members (excludes halogenated alkanes) is 2. The fraction of sp³-hybridized carbons (Fsp3) is 1.00. The first kappa shape index (κ1) is 17.4. The van der Waals surface area contributed by atoms with E-state index in [1.165, 1.54) is 0 Å². The summed E-state index contributed by atoms with van der Waals surface area (Å²) in [5.74, 6) is -18.2. The maximum atomic E-state index is 12.9. The summed E-state index contributed by atoms with van der Waals surface area (Å²) in [5, 5.41) is 7.62. The molecule has 0 saturated heterocycles. The normalized spacial score (nSPS) is 15.0. The van der Waals surface area contributed by atoms with Crippen LogP contribution in [0.3, 0.4) is 0 Å². The van der Waals surface area contributed by atoms with Gasteiger partial charge in [0.15, 0.2) is 0 Å². The molecule has 110 valence electrons. The van der Waals surface area contributed by atoms with Gasteiger partial charge in [0.2, 0.25) is 0 Å². The van der Waals surface area contributed by atoms with Crippen molar-refractivity contribution in [1.82, 2.24) is 0 Å². The van der Waals surface area contributed by atoms with E-state index >= 15 is 0 Å². The van der Waals surface area contributed by atoms with Gasteiger partial charge in [-0.3, -0.25) is 0 Å². The van der Waals surface area contributed by atoms with Crippen molar-refractivity contribution in [3.8, 4) is 0 Å². The highest BCUT2D eigenvalue weighted by Crippen LogP contribution is 2.53. The topological polar surface area (TPSA) is 20.2 Å². The molecule has 0 aromatic heterocycles. The van der Waals surface area contributed by atoms with Gasteiger partial charge in [-0.25, -0.2) is 0 Å². The summed E-state index contributed by atoms with van der Waals surface area (Å²) in [7, 11) is 0. The number of hydrogen-bond acceptors (Lipinski definition) is 1. The Morgan fingerprint density at radius 3 is 1.56 bits per heavy atom. The molecule has 0 amide bonds. The van der Waals surface area contributed by atoms with Crippen molar-refractivity contribution in [2.75, 3.05) is 0 Å². The number of hydrogen-bond donors (Lipinski definition) is 1. The van der Waals surface area contributed by atoms with Crippen LogP contribution < -0.4 is 0 Å². The van der Waals surface area contributed by atoms with Crippen molar-refractivity contribution < 1.29 is 40.2 Å². The fourth-order valence-electron chi connectivity index (χ4n) is 1.17. The molecule has 0 bridgehead atoms. The first-order chi connectivity index (χ1) is 7.81. The second-order valence-electron chi connectivity index (χ2n) is 3.85. The highest BCUT2D eigenvalue weighted by Gasteiger charge is 2.80. The maximum absolute atomic E-state index is 12.9. The third kappa shape index (κ3) is 3.04. The summed E-state index contributed by atoms with van der Waals surface area (Å²) in [6, 6.07) is 0. The molecule has 0 saturated carbocycles. The van der Waals surface area contributed by atoms with Gasteiger partial charge >= 0.3 is 23.9 Å². The molecule has 0 radical (unpaired) electrons. The highest BCUT2D eigenvalue weighted by molar-refractivity contribution is 4.99. The van der Waals surface area contributed by atoms with E-state index in [1.54, 1.807) is 6.92 Å². The number of rotatable bonds is 7. The Labute approximate surface area is 97.8 Å². The van der Waals surface area contributed by atoms with E-state index in [0.29, 0.717) is 6.42 Å². The average molecular weight is 288 g/mol. The molecule has 0 spiro atoms. The van der Waals surface area contributed by atoms with Crippen LogP contribution in [-0.4, -0.2) is 29.0 Å². The molecule has 0 aliphatic heterocycles. The van der Waals surface area contributed by atoms with Crippen LogP contribution >= 0.6 is 0 Å². The summed E-state index contributed by atoms with van der Waals surface area (Å²) in [5.41, 5.74) is 0. The van der Waals surface area contributed by atoms with Crippen LogP contribution in [-0.2, 0) is 0 Å². The molecule has 0 fully saturated rings. The van der Waals surface area contributed by atoms with Gasteiger partial charge in [0.1, 0.15) is 0 Å². The Bertz CT molecular complexity index is 270. The minimum absolute atomic E-state index is 0.0623. The predicted molar refractivity (Wildman–Crippen MR) is 46.1 cm³/mol. The average Bonchev–Trinajstić information content (AvgIpc) is 2.15. The second kappa shape index (κ2) is 5.18. The number of aliphatic hydroxyl groups is 1. The number of alkyl halides is 8. The summed E-state index contributed by atoms with van der Waals surface area (Å²) in [4.78, 5) is 0. The van der Waals surface area contributed by atoms with Crippen molar-refractivity contribution in [2.24, 2.45) is 0 Å². The zero-order chi connectivity index (χ0) is 14.8. The monoisotopic (exact) mass is 288 g/mol.